The van der Waals surface area contributed by atoms with Gasteiger partial charge in [0.25, 0.3) is 0 Å². The van der Waals surface area contributed by atoms with Crippen LogP contribution in [-0.2, 0) is 10.5 Å². The summed E-state index contributed by atoms with van der Waals surface area (Å²) in [6.45, 7) is 0. The third kappa shape index (κ3) is 2.90. The Morgan fingerprint density at radius 3 is 2.67 bits per heavy atom. The maximum atomic E-state index is 11.6. The van der Waals surface area contributed by atoms with E-state index in [1.807, 2.05) is 24.3 Å². The lowest BCUT2D eigenvalue weighted by atomic mass is 10.1. The molecule has 0 unspecified atom stereocenters. The molecule has 3 aromatic rings. The number of fused-ring (bicyclic) bond motifs is 3. The molecule has 0 spiro atoms. The van der Waals surface area contributed by atoms with Crippen molar-refractivity contribution in [1.82, 2.24) is 4.90 Å². The highest BCUT2D eigenvalue weighted by atomic mass is 32.2. The van der Waals surface area contributed by atoms with E-state index in [0.29, 0.717) is 5.75 Å². The third-order valence-corrected chi connectivity index (χ3v) is 4.42. The molecule has 3 rings (SSSR count). The standard InChI is InChI=1S/C17H17NO2S/c1-18(2)17(19)11-21-10-12-7-8-16-14(9-12)13-5-3-4-6-15(13)20-16/h3-9H,10-11H2,1-2H3. The SMILES string of the molecule is CN(C)C(=O)CSCc1ccc2oc3ccccc3c2c1. The van der Waals surface area contributed by atoms with Crippen molar-refractivity contribution in [2.75, 3.05) is 19.8 Å². The van der Waals surface area contributed by atoms with Crippen LogP contribution in [0.3, 0.4) is 0 Å². The number of amides is 1. The Labute approximate surface area is 127 Å². The molecule has 0 radical (unpaired) electrons. The van der Waals surface area contributed by atoms with Crippen LogP contribution >= 0.6 is 11.8 Å². The lowest BCUT2D eigenvalue weighted by Crippen LogP contribution is -2.23. The summed E-state index contributed by atoms with van der Waals surface area (Å²) < 4.78 is 5.81. The molecule has 1 aromatic heterocycles. The van der Waals surface area contributed by atoms with Crippen LogP contribution in [0.5, 0.6) is 0 Å². The zero-order valence-corrected chi connectivity index (χ0v) is 12.9. The minimum atomic E-state index is 0.148. The van der Waals surface area contributed by atoms with E-state index in [4.69, 9.17) is 4.42 Å². The first kappa shape index (κ1) is 14.0. The van der Waals surface area contributed by atoms with Crippen molar-refractivity contribution < 1.29 is 9.21 Å². The van der Waals surface area contributed by atoms with Gasteiger partial charge in [0.05, 0.1) is 5.75 Å². The Bertz CT molecular complexity index is 792. The van der Waals surface area contributed by atoms with Crippen LogP contribution in [0, 0.1) is 0 Å². The van der Waals surface area contributed by atoms with Gasteiger partial charge >= 0.3 is 0 Å². The van der Waals surface area contributed by atoms with Gasteiger partial charge in [-0.3, -0.25) is 4.79 Å². The van der Waals surface area contributed by atoms with E-state index >= 15 is 0 Å². The van der Waals surface area contributed by atoms with Crippen molar-refractivity contribution in [2.45, 2.75) is 5.75 Å². The molecule has 3 nitrogen and oxygen atoms in total. The lowest BCUT2D eigenvalue weighted by Gasteiger charge is -2.09. The Morgan fingerprint density at radius 2 is 1.86 bits per heavy atom. The molecule has 21 heavy (non-hydrogen) atoms. The van der Waals surface area contributed by atoms with Crippen LogP contribution in [0.1, 0.15) is 5.56 Å². The largest absolute Gasteiger partial charge is 0.456 e. The molecular formula is C17H17NO2S. The average Bonchev–Trinajstić information content (AvgIpc) is 2.85. The molecule has 1 heterocycles. The molecule has 108 valence electrons. The average molecular weight is 299 g/mol. The van der Waals surface area contributed by atoms with Gasteiger partial charge in [-0.15, -0.1) is 11.8 Å². The van der Waals surface area contributed by atoms with Gasteiger partial charge in [-0.2, -0.15) is 0 Å². The van der Waals surface area contributed by atoms with Gasteiger partial charge in [-0.1, -0.05) is 24.3 Å². The van der Waals surface area contributed by atoms with Crippen molar-refractivity contribution in [3.63, 3.8) is 0 Å². The summed E-state index contributed by atoms with van der Waals surface area (Å²) in [6.07, 6.45) is 0. The molecular weight excluding hydrogens is 282 g/mol. The van der Waals surface area contributed by atoms with Gasteiger partial charge < -0.3 is 9.32 Å². The summed E-state index contributed by atoms with van der Waals surface area (Å²) in [4.78, 5) is 13.2. The fourth-order valence-corrected chi connectivity index (χ4v) is 3.20. The van der Waals surface area contributed by atoms with Crippen LogP contribution in [0.4, 0.5) is 0 Å². The van der Waals surface area contributed by atoms with Crippen LogP contribution in [0.25, 0.3) is 21.9 Å². The minimum Gasteiger partial charge on any atom is -0.456 e. The Hall–Kier alpha value is -1.94. The van der Waals surface area contributed by atoms with Gasteiger partial charge in [0.15, 0.2) is 0 Å². The molecule has 0 aliphatic heterocycles. The second kappa shape index (κ2) is 5.82. The first-order chi connectivity index (χ1) is 10.1. The lowest BCUT2D eigenvalue weighted by molar-refractivity contribution is -0.125. The predicted molar refractivity (Wildman–Crippen MR) is 88.6 cm³/mol. The van der Waals surface area contributed by atoms with Gasteiger partial charge in [-0.25, -0.2) is 0 Å². The number of carbonyl (C=O) groups is 1. The third-order valence-electron chi connectivity index (χ3n) is 3.43. The molecule has 4 heteroatoms. The zero-order chi connectivity index (χ0) is 14.8. The second-order valence-electron chi connectivity index (χ2n) is 5.21. The highest BCUT2D eigenvalue weighted by molar-refractivity contribution is 7.99. The number of benzene rings is 2. The fourth-order valence-electron chi connectivity index (χ4n) is 2.25. The summed E-state index contributed by atoms with van der Waals surface area (Å²) in [5, 5.41) is 2.28. The number of furan rings is 1. The molecule has 0 atom stereocenters. The second-order valence-corrected chi connectivity index (χ2v) is 6.20. The van der Waals surface area contributed by atoms with E-state index in [9.17, 15) is 4.79 Å². The summed E-state index contributed by atoms with van der Waals surface area (Å²) in [5.41, 5.74) is 3.04. The maximum Gasteiger partial charge on any atom is 0.232 e. The summed E-state index contributed by atoms with van der Waals surface area (Å²) in [6, 6.07) is 14.3. The van der Waals surface area contributed by atoms with E-state index in [-0.39, 0.29) is 5.91 Å². The van der Waals surface area contributed by atoms with E-state index in [0.717, 1.165) is 27.7 Å². The van der Waals surface area contributed by atoms with Crippen LogP contribution < -0.4 is 0 Å². The van der Waals surface area contributed by atoms with Crippen molar-refractivity contribution in [3.05, 3.63) is 48.0 Å². The van der Waals surface area contributed by atoms with E-state index in [2.05, 4.69) is 18.2 Å². The number of hydrogen-bond donors (Lipinski definition) is 0. The molecule has 0 saturated carbocycles. The highest BCUT2D eigenvalue weighted by Gasteiger charge is 2.08. The van der Waals surface area contributed by atoms with Crippen LogP contribution in [0.2, 0.25) is 0 Å². The van der Waals surface area contributed by atoms with Crippen molar-refractivity contribution in [1.29, 1.82) is 0 Å². The smallest absolute Gasteiger partial charge is 0.232 e. The Morgan fingerprint density at radius 1 is 1.10 bits per heavy atom. The molecule has 0 aliphatic carbocycles. The molecule has 0 saturated heterocycles. The molecule has 0 aliphatic rings. The van der Waals surface area contributed by atoms with Gasteiger partial charge in [0.1, 0.15) is 11.2 Å². The molecule has 0 N–H and O–H groups in total. The zero-order valence-electron chi connectivity index (χ0n) is 12.1. The first-order valence-electron chi connectivity index (χ1n) is 6.83. The predicted octanol–water partition coefficient (Wildman–Crippen LogP) is 3.91. The fraction of sp³-hybridized carbons (Fsp3) is 0.235. The topological polar surface area (TPSA) is 33.5 Å². The quantitative estimate of drug-likeness (QED) is 0.732. The van der Waals surface area contributed by atoms with E-state index in [1.54, 1.807) is 30.8 Å². The van der Waals surface area contributed by atoms with Crippen LogP contribution in [-0.4, -0.2) is 30.7 Å². The highest BCUT2D eigenvalue weighted by Crippen LogP contribution is 2.29. The summed E-state index contributed by atoms with van der Waals surface area (Å²) in [7, 11) is 3.57. The van der Waals surface area contributed by atoms with Crippen molar-refractivity contribution >= 4 is 39.6 Å². The van der Waals surface area contributed by atoms with E-state index < -0.39 is 0 Å². The van der Waals surface area contributed by atoms with Gasteiger partial charge in [0.2, 0.25) is 5.91 Å². The van der Waals surface area contributed by atoms with Gasteiger partial charge in [-0.05, 0) is 23.8 Å². The molecule has 2 aromatic carbocycles. The molecule has 0 fully saturated rings. The first-order valence-corrected chi connectivity index (χ1v) is 7.98. The summed E-state index contributed by atoms with van der Waals surface area (Å²) >= 11 is 1.64. The van der Waals surface area contributed by atoms with E-state index in [1.165, 1.54) is 5.56 Å². The molecule has 1 amide bonds. The number of rotatable bonds is 4. The number of nitrogens with zero attached hydrogens (tertiary/aromatic N) is 1. The van der Waals surface area contributed by atoms with Crippen LogP contribution in [0.15, 0.2) is 46.9 Å². The Balaban J connectivity index is 1.80. The summed E-state index contributed by atoms with van der Waals surface area (Å²) in [5.74, 6) is 1.49. The van der Waals surface area contributed by atoms with Gasteiger partial charge in [0, 0.05) is 30.6 Å². The van der Waals surface area contributed by atoms with Crippen molar-refractivity contribution in [3.8, 4) is 0 Å². The van der Waals surface area contributed by atoms with Crippen molar-refractivity contribution in [2.24, 2.45) is 0 Å². The molecule has 0 bridgehead atoms. The normalized spacial score (nSPS) is 11.1. The number of hydrogen-bond acceptors (Lipinski definition) is 3. The monoisotopic (exact) mass is 299 g/mol. The number of thioether (sulfide) groups is 1. The Kier molecular flexibility index (Phi) is 3.88. The minimum absolute atomic E-state index is 0.148. The maximum absolute atomic E-state index is 11.6. The number of carbonyl (C=O) groups excluding carboxylic acids is 1. The number of para-hydroxylation sites is 1.